The Hall–Kier alpha value is -2.49. The van der Waals surface area contributed by atoms with Crippen molar-refractivity contribution in [1.82, 2.24) is 9.97 Å². The largest absolute Gasteiger partial charge is 0.369 e. The quantitative estimate of drug-likeness (QED) is 0.714. The molecular weight excluding hydrogens is 222 g/mol. The second kappa shape index (κ2) is 4.17. The fourth-order valence-electron chi connectivity index (χ4n) is 1.71. The van der Waals surface area contributed by atoms with E-state index in [0.717, 1.165) is 0 Å². The summed E-state index contributed by atoms with van der Waals surface area (Å²) in [4.78, 5) is 31.8. The van der Waals surface area contributed by atoms with E-state index in [0.29, 0.717) is 0 Å². The minimum atomic E-state index is -0.531. The summed E-state index contributed by atoms with van der Waals surface area (Å²) in [5.41, 5.74) is 5.21. The smallest absolute Gasteiger partial charge is 0.229 e. The van der Waals surface area contributed by atoms with Crippen molar-refractivity contribution in [3.05, 3.63) is 18.1 Å². The molecule has 2 amide bonds. The summed E-state index contributed by atoms with van der Waals surface area (Å²) < 4.78 is 0. The van der Waals surface area contributed by atoms with Gasteiger partial charge in [-0.25, -0.2) is 9.97 Å². The average Bonchev–Trinajstić information content (AvgIpc) is 2.71. The number of primary amides is 1. The highest BCUT2D eigenvalue weighted by Gasteiger charge is 2.35. The number of carbonyl (C=O) groups is 2. The molecule has 1 aromatic heterocycles. The molecule has 17 heavy (non-hydrogen) atoms. The highest BCUT2D eigenvalue weighted by atomic mass is 16.2. The Morgan fingerprint density at radius 2 is 2.24 bits per heavy atom. The molecule has 7 nitrogen and oxygen atoms in total. The van der Waals surface area contributed by atoms with Gasteiger partial charge in [-0.15, -0.1) is 0 Å². The Labute approximate surface area is 96.9 Å². The van der Waals surface area contributed by atoms with E-state index < -0.39 is 11.8 Å². The van der Waals surface area contributed by atoms with Gasteiger partial charge in [-0.05, 0) is 0 Å². The number of aromatic nitrogens is 2. The first kappa shape index (κ1) is 11.0. The van der Waals surface area contributed by atoms with Gasteiger partial charge < -0.3 is 5.73 Å². The first-order valence-corrected chi connectivity index (χ1v) is 4.94. The van der Waals surface area contributed by atoms with Crippen molar-refractivity contribution in [2.75, 3.05) is 11.4 Å². The first-order valence-electron chi connectivity index (χ1n) is 4.94. The van der Waals surface area contributed by atoms with Gasteiger partial charge in [0, 0.05) is 25.4 Å². The van der Waals surface area contributed by atoms with Crippen LogP contribution in [-0.4, -0.2) is 28.3 Å². The molecule has 7 heteroatoms. The SMILES string of the molecule is N#Cc1nccnc1N1CC(C(N)=O)CC1=O. The molecule has 0 aliphatic carbocycles. The summed E-state index contributed by atoms with van der Waals surface area (Å²) in [5, 5.41) is 8.86. The van der Waals surface area contributed by atoms with Crippen molar-refractivity contribution in [3.8, 4) is 6.07 Å². The molecule has 2 rings (SSSR count). The second-order valence-electron chi connectivity index (χ2n) is 3.65. The number of anilines is 1. The first-order chi connectivity index (χ1) is 8.13. The molecule has 1 unspecified atom stereocenters. The number of hydrogen-bond acceptors (Lipinski definition) is 5. The van der Waals surface area contributed by atoms with Crippen LogP contribution >= 0.6 is 0 Å². The fraction of sp³-hybridized carbons (Fsp3) is 0.300. The maximum absolute atomic E-state index is 11.7. The third-order valence-corrected chi connectivity index (χ3v) is 2.57. The van der Waals surface area contributed by atoms with Gasteiger partial charge in [-0.2, -0.15) is 5.26 Å². The lowest BCUT2D eigenvalue weighted by Crippen LogP contribution is -2.29. The normalized spacial score (nSPS) is 19.1. The van der Waals surface area contributed by atoms with Crippen LogP contribution in [0.3, 0.4) is 0 Å². The van der Waals surface area contributed by atoms with Gasteiger partial charge in [0.15, 0.2) is 11.5 Å². The molecule has 0 radical (unpaired) electrons. The molecule has 0 aromatic carbocycles. The highest BCUT2D eigenvalue weighted by molar-refractivity contribution is 5.99. The van der Waals surface area contributed by atoms with Crippen LogP contribution in [0, 0.1) is 17.2 Å². The summed E-state index contributed by atoms with van der Waals surface area (Å²) in [7, 11) is 0. The van der Waals surface area contributed by atoms with Crippen LogP contribution in [0.1, 0.15) is 12.1 Å². The molecule has 0 saturated carbocycles. The van der Waals surface area contributed by atoms with Gasteiger partial charge >= 0.3 is 0 Å². The van der Waals surface area contributed by atoms with Crippen molar-refractivity contribution in [2.45, 2.75) is 6.42 Å². The monoisotopic (exact) mass is 231 g/mol. The van der Waals surface area contributed by atoms with E-state index >= 15 is 0 Å². The fourth-order valence-corrected chi connectivity index (χ4v) is 1.71. The minimum absolute atomic E-state index is 0.0524. The van der Waals surface area contributed by atoms with E-state index in [9.17, 15) is 9.59 Å². The Morgan fingerprint density at radius 1 is 1.53 bits per heavy atom. The lowest BCUT2D eigenvalue weighted by Gasteiger charge is -2.15. The number of nitriles is 1. The van der Waals surface area contributed by atoms with Crippen LogP contribution < -0.4 is 10.6 Å². The van der Waals surface area contributed by atoms with Crippen LogP contribution in [-0.2, 0) is 9.59 Å². The van der Waals surface area contributed by atoms with Gasteiger partial charge in [-0.3, -0.25) is 14.5 Å². The molecule has 0 spiro atoms. The van der Waals surface area contributed by atoms with Crippen molar-refractivity contribution in [1.29, 1.82) is 5.26 Å². The van der Waals surface area contributed by atoms with Gasteiger partial charge in [0.1, 0.15) is 6.07 Å². The van der Waals surface area contributed by atoms with Crippen LogP contribution in [0.15, 0.2) is 12.4 Å². The lowest BCUT2D eigenvalue weighted by molar-refractivity contribution is -0.123. The topological polar surface area (TPSA) is 113 Å². The molecule has 1 fully saturated rings. The van der Waals surface area contributed by atoms with Crippen molar-refractivity contribution < 1.29 is 9.59 Å². The number of amides is 2. The predicted molar refractivity (Wildman–Crippen MR) is 56.4 cm³/mol. The van der Waals surface area contributed by atoms with Crippen LogP contribution in [0.4, 0.5) is 5.82 Å². The Morgan fingerprint density at radius 3 is 2.82 bits per heavy atom. The van der Waals surface area contributed by atoms with E-state index in [4.69, 9.17) is 11.0 Å². The summed E-state index contributed by atoms with van der Waals surface area (Å²) in [5.74, 6) is -1.14. The van der Waals surface area contributed by atoms with E-state index in [1.165, 1.54) is 17.3 Å². The minimum Gasteiger partial charge on any atom is -0.369 e. The number of hydrogen-bond donors (Lipinski definition) is 1. The molecule has 0 bridgehead atoms. The maximum atomic E-state index is 11.7. The third kappa shape index (κ3) is 1.92. The molecular formula is C10H9N5O2. The Balaban J connectivity index is 2.33. The van der Waals surface area contributed by atoms with E-state index in [1.54, 1.807) is 0 Å². The number of rotatable bonds is 2. The van der Waals surface area contributed by atoms with E-state index in [1.807, 2.05) is 6.07 Å². The average molecular weight is 231 g/mol. The Kier molecular flexibility index (Phi) is 2.70. The van der Waals surface area contributed by atoms with Gasteiger partial charge in [0.2, 0.25) is 11.8 Å². The van der Waals surface area contributed by atoms with Crippen molar-refractivity contribution in [3.63, 3.8) is 0 Å². The number of carbonyl (C=O) groups excluding carboxylic acids is 2. The molecule has 1 aromatic rings. The van der Waals surface area contributed by atoms with Crippen LogP contribution in [0.2, 0.25) is 0 Å². The molecule has 2 N–H and O–H groups in total. The number of nitrogens with zero attached hydrogens (tertiary/aromatic N) is 4. The van der Waals surface area contributed by atoms with Crippen molar-refractivity contribution in [2.24, 2.45) is 11.7 Å². The zero-order valence-electron chi connectivity index (χ0n) is 8.83. The molecule has 1 saturated heterocycles. The van der Waals surface area contributed by atoms with Gasteiger partial charge in [-0.1, -0.05) is 0 Å². The zero-order chi connectivity index (χ0) is 12.4. The number of nitrogens with two attached hydrogens (primary N) is 1. The maximum Gasteiger partial charge on any atom is 0.229 e. The Bertz CT molecular complexity index is 522. The molecule has 1 aliphatic rings. The zero-order valence-corrected chi connectivity index (χ0v) is 8.83. The van der Waals surface area contributed by atoms with Crippen LogP contribution in [0.25, 0.3) is 0 Å². The highest BCUT2D eigenvalue weighted by Crippen LogP contribution is 2.24. The molecule has 2 heterocycles. The van der Waals surface area contributed by atoms with E-state index in [-0.39, 0.29) is 30.4 Å². The molecule has 86 valence electrons. The van der Waals surface area contributed by atoms with Crippen molar-refractivity contribution >= 4 is 17.6 Å². The third-order valence-electron chi connectivity index (χ3n) is 2.57. The van der Waals surface area contributed by atoms with Gasteiger partial charge in [0.05, 0.1) is 5.92 Å². The second-order valence-corrected chi connectivity index (χ2v) is 3.65. The van der Waals surface area contributed by atoms with Gasteiger partial charge in [0.25, 0.3) is 0 Å². The summed E-state index contributed by atoms with van der Waals surface area (Å²) in [6.45, 7) is 0.154. The summed E-state index contributed by atoms with van der Waals surface area (Å²) >= 11 is 0. The summed E-state index contributed by atoms with van der Waals surface area (Å²) in [6.07, 6.45) is 2.81. The molecule has 1 aliphatic heterocycles. The predicted octanol–water partition coefficient (Wildman–Crippen LogP) is -0.814. The van der Waals surface area contributed by atoms with Crippen LogP contribution in [0.5, 0.6) is 0 Å². The summed E-state index contributed by atoms with van der Waals surface area (Å²) in [6, 6.07) is 1.85. The molecule has 1 atom stereocenters. The standard InChI is InChI=1S/C10H9N5O2/c11-4-7-10(14-2-1-13-7)15-5-6(9(12)17)3-8(15)16/h1-2,6H,3,5H2,(H2,12,17). The lowest BCUT2D eigenvalue weighted by atomic mass is 10.1. The van der Waals surface area contributed by atoms with E-state index in [2.05, 4.69) is 9.97 Å².